The number of nitrogens with zero attached hydrogens (tertiary/aromatic N) is 4. The zero-order valence-electron chi connectivity index (χ0n) is 14.2. The van der Waals surface area contributed by atoms with Crippen molar-refractivity contribution in [2.24, 2.45) is 0 Å². The molecule has 0 radical (unpaired) electrons. The summed E-state index contributed by atoms with van der Waals surface area (Å²) in [6.07, 6.45) is 4.88. The van der Waals surface area contributed by atoms with E-state index in [0.717, 1.165) is 52.6 Å². The summed E-state index contributed by atoms with van der Waals surface area (Å²) < 4.78 is 7.35. The Morgan fingerprint density at radius 2 is 2.04 bits per heavy atom. The molecule has 0 aliphatic carbocycles. The van der Waals surface area contributed by atoms with Crippen molar-refractivity contribution in [3.05, 3.63) is 60.3 Å². The Kier molecular flexibility index (Phi) is 3.93. The van der Waals surface area contributed by atoms with Crippen LogP contribution in [0.5, 0.6) is 5.75 Å². The predicted octanol–water partition coefficient (Wildman–Crippen LogP) is 3.25. The number of aryl methyl sites for hydroxylation is 1. The average Bonchev–Trinajstić information content (AvgIpc) is 3.04. The summed E-state index contributed by atoms with van der Waals surface area (Å²) in [7, 11) is 1.66. The van der Waals surface area contributed by atoms with Gasteiger partial charge in [-0.05, 0) is 37.3 Å². The van der Waals surface area contributed by atoms with Gasteiger partial charge in [-0.3, -0.25) is 0 Å². The molecule has 25 heavy (non-hydrogen) atoms. The second kappa shape index (κ2) is 6.39. The molecule has 0 unspecified atom stereocenters. The summed E-state index contributed by atoms with van der Waals surface area (Å²) in [5.74, 6) is 2.36. The van der Waals surface area contributed by atoms with Crippen LogP contribution in [-0.2, 0) is 6.42 Å². The molecule has 0 fully saturated rings. The topological polar surface area (TPSA) is 64.3 Å². The van der Waals surface area contributed by atoms with E-state index in [1.54, 1.807) is 7.11 Å². The monoisotopic (exact) mass is 333 g/mol. The maximum absolute atomic E-state index is 5.32. The molecule has 0 amide bonds. The highest BCUT2D eigenvalue weighted by atomic mass is 16.5. The van der Waals surface area contributed by atoms with Crippen LogP contribution in [0.1, 0.15) is 11.5 Å². The van der Waals surface area contributed by atoms with Crippen molar-refractivity contribution in [2.45, 2.75) is 13.3 Å². The van der Waals surface area contributed by atoms with Gasteiger partial charge in [0.1, 0.15) is 23.0 Å². The Balaban J connectivity index is 1.55. The minimum Gasteiger partial charge on any atom is -0.497 e. The first-order valence-electron chi connectivity index (χ1n) is 8.22. The van der Waals surface area contributed by atoms with Crippen molar-refractivity contribution in [2.75, 3.05) is 19.0 Å². The molecule has 0 aliphatic heterocycles. The quantitative estimate of drug-likeness (QED) is 0.607. The highest BCUT2D eigenvalue weighted by molar-refractivity contribution is 5.90. The molecule has 0 aliphatic rings. The molecule has 0 bridgehead atoms. The van der Waals surface area contributed by atoms with Crippen LogP contribution in [0.2, 0.25) is 0 Å². The standard InChI is InChI=1S/C19H19N5O/c1-13-21-17-7-6-15(25-2)11-16(17)19(22-13)20-9-8-14-12-24-10-4-3-5-18(24)23-14/h3-7,10-12H,8-9H2,1-2H3,(H,20,21,22). The van der Waals surface area contributed by atoms with E-state index in [0.29, 0.717) is 0 Å². The number of nitrogens with one attached hydrogen (secondary N) is 1. The van der Waals surface area contributed by atoms with Crippen molar-refractivity contribution in [1.29, 1.82) is 0 Å². The van der Waals surface area contributed by atoms with Gasteiger partial charge >= 0.3 is 0 Å². The van der Waals surface area contributed by atoms with Crippen LogP contribution in [-0.4, -0.2) is 33.0 Å². The molecule has 6 nitrogen and oxygen atoms in total. The normalized spacial score (nSPS) is 11.1. The molecular formula is C19H19N5O. The third-order valence-electron chi connectivity index (χ3n) is 4.10. The van der Waals surface area contributed by atoms with Crippen LogP contribution in [0.25, 0.3) is 16.6 Å². The van der Waals surface area contributed by atoms with Crippen LogP contribution in [0.15, 0.2) is 48.8 Å². The van der Waals surface area contributed by atoms with E-state index in [9.17, 15) is 0 Å². The molecule has 6 heteroatoms. The van der Waals surface area contributed by atoms with Gasteiger partial charge in [-0.15, -0.1) is 0 Å². The van der Waals surface area contributed by atoms with E-state index in [1.807, 2.05) is 53.9 Å². The number of fused-ring (bicyclic) bond motifs is 2. The van der Waals surface area contributed by atoms with Gasteiger partial charge in [0, 0.05) is 30.7 Å². The Morgan fingerprint density at radius 1 is 1.12 bits per heavy atom. The second-order valence-corrected chi connectivity index (χ2v) is 5.88. The zero-order valence-corrected chi connectivity index (χ0v) is 14.2. The fourth-order valence-electron chi connectivity index (χ4n) is 2.90. The molecule has 126 valence electrons. The fourth-order valence-corrected chi connectivity index (χ4v) is 2.90. The number of benzene rings is 1. The lowest BCUT2D eigenvalue weighted by atomic mass is 10.2. The number of pyridine rings is 1. The van der Waals surface area contributed by atoms with E-state index >= 15 is 0 Å². The van der Waals surface area contributed by atoms with Crippen LogP contribution in [0, 0.1) is 6.92 Å². The number of rotatable bonds is 5. The van der Waals surface area contributed by atoms with E-state index in [1.165, 1.54) is 0 Å². The Hall–Kier alpha value is -3.15. The number of imidazole rings is 1. The summed E-state index contributed by atoms with van der Waals surface area (Å²) in [6, 6.07) is 11.8. The second-order valence-electron chi connectivity index (χ2n) is 5.88. The number of ether oxygens (including phenoxy) is 1. The third-order valence-corrected chi connectivity index (χ3v) is 4.10. The summed E-state index contributed by atoms with van der Waals surface area (Å²) >= 11 is 0. The molecule has 1 aromatic carbocycles. The zero-order chi connectivity index (χ0) is 17.2. The van der Waals surface area contributed by atoms with Crippen LogP contribution >= 0.6 is 0 Å². The first kappa shape index (κ1) is 15.4. The van der Waals surface area contributed by atoms with E-state index in [4.69, 9.17) is 4.74 Å². The molecule has 0 atom stereocenters. The molecule has 0 saturated carbocycles. The van der Waals surface area contributed by atoms with Gasteiger partial charge in [0.05, 0.1) is 18.3 Å². The van der Waals surface area contributed by atoms with Crippen LogP contribution in [0.4, 0.5) is 5.82 Å². The summed E-state index contributed by atoms with van der Waals surface area (Å²) in [5, 5.41) is 4.37. The number of anilines is 1. The summed E-state index contributed by atoms with van der Waals surface area (Å²) in [6.45, 7) is 2.64. The predicted molar refractivity (Wildman–Crippen MR) is 98.2 cm³/mol. The van der Waals surface area contributed by atoms with Crippen LogP contribution in [0.3, 0.4) is 0 Å². The summed E-state index contributed by atoms with van der Waals surface area (Å²) in [4.78, 5) is 13.7. The van der Waals surface area contributed by atoms with Crippen molar-refractivity contribution in [3.8, 4) is 5.75 Å². The Labute approximate surface area is 145 Å². The molecular weight excluding hydrogens is 314 g/mol. The summed E-state index contributed by atoms with van der Waals surface area (Å²) in [5.41, 5.74) is 2.92. The van der Waals surface area contributed by atoms with Gasteiger partial charge in [0.25, 0.3) is 0 Å². The van der Waals surface area contributed by atoms with Gasteiger partial charge in [-0.2, -0.15) is 0 Å². The Morgan fingerprint density at radius 3 is 2.88 bits per heavy atom. The Bertz CT molecular complexity index is 1010. The highest BCUT2D eigenvalue weighted by Gasteiger charge is 2.08. The minimum atomic E-state index is 0.743. The van der Waals surface area contributed by atoms with Crippen molar-refractivity contribution < 1.29 is 4.74 Å². The lowest BCUT2D eigenvalue weighted by Crippen LogP contribution is -2.08. The average molecular weight is 333 g/mol. The van der Waals surface area contributed by atoms with Gasteiger partial charge < -0.3 is 14.5 Å². The maximum Gasteiger partial charge on any atom is 0.137 e. The molecule has 0 saturated heterocycles. The van der Waals surface area contributed by atoms with Gasteiger partial charge in [0.2, 0.25) is 0 Å². The first-order chi connectivity index (χ1) is 12.2. The fraction of sp³-hybridized carbons (Fsp3) is 0.211. The van der Waals surface area contributed by atoms with Gasteiger partial charge in [-0.25, -0.2) is 15.0 Å². The van der Waals surface area contributed by atoms with Gasteiger partial charge in [0.15, 0.2) is 0 Å². The van der Waals surface area contributed by atoms with Crippen molar-refractivity contribution in [1.82, 2.24) is 19.4 Å². The lowest BCUT2D eigenvalue weighted by Gasteiger charge is -2.10. The number of hydrogen-bond acceptors (Lipinski definition) is 5. The van der Waals surface area contributed by atoms with E-state index in [-0.39, 0.29) is 0 Å². The number of hydrogen-bond donors (Lipinski definition) is 1. The maximum atomic E-state index is 5.32. The van der Waals surface area contributed by atoms with Crippen molar-refractivity contribution >= 4 is 22.4 Å². The SMILES string of the molecule is COc1ccc2nc(C)nc(NCCc3cn4ccccc4n3)c2c1. The van der Waals surface area contributed by atoms with E-state index in [2.05, 4.69) is 26.5 Å². The number of aromatic nitrogens is 4. The molecule has 1 N–H and O–H groups in total. The third kappa shape index (κ3) is 3.10. The van der Waals surface area contributed by atoms with Gasteiger partial charge in [-0.1, -0.05) is 6.07 Å². The molecule has 4 rings (SSSR count). The van der Waals surface area contributed by atoms with Crippen LogP contribution < -0.4 is 10.1 Å². The smallest absolute Gasteiger partial charge is 0.137 e. The van der Waals surface area contributed by atoms with E-state index < -0.39 is 0 Å². The first-order valence-corrected chi connectivity index (χ1v) is 8.22. The minimum absolute atomic E-state index is 0.743. The molecule has 3 aromatic heterocycles. The molecule has 0 spiro atoms. The largest absolute Gasteiger partial charge is 0.497 e. The molecule has 4 aromatic rings. The molecule has 3 heterocycles. The lowest BCUT2D eigenvalue weighted by molar-refractivity contribution is 0.415. The highest BCUT2D eigenvalue weighted by Crippen LogP contribution is 2.25. The van der Waals surface area contributed by atoms with Crippen molar-refractivity contribution in [3.63, 3.8) is 0 Å². The number of methoxy groups -OCH3 is 1.